The van der Waals surface area contributed by atoms with E-state index in [-0.39, 0.29) is 11.6 Å². The van der Waals surface area contributed by atoms with E-state index in [0.29, 0.717) is 28.6 Å². The van der Waals surface area contributed by atoms with Gasteiger partial charge in [-0.05, 0) is 30.5 Å². The summed E-state index contributed by atoms with van der Waals surface area (Å²) in [7, 11) is 0. The van der Waals surface area contributed by atoms with Crippen LogP contribution in [0.3, 0.4) is 0 Å². The monoisotopic (exact) mass is 350 g/mol. The second-order valence-corrected chi connectivity index (χ2v) is 6.23. The lowest BCUT2D eigenvalue weighted by atomic mass is 9.94. The second kappa shape index (κ2) is 5.83. The van der Waals surface area contributed by atoms with Gasteiger partial charge < -0.3 is 5.32 Å². The number of anilines is 1. The summed E-state index contributed by atoms with van der Waals surface area (Å²) < 4.78 is 0. The summed E-state index contributed by atoms with van der Waals surface area (Å²) in [5.74, 6) is -0.185. The fourth-order valence-electron chi connectivity index (χ4n) is 2.52. The molecule has 0 unspecified atom stereocenters. The fraction of sp³-hybridized carbons (Fsp3) is 0.188. The van der Waals surface area contributed by atoms with E-state index in [2.05, 4.69) is 5.32 Å². The van der Waals surface area contributed by atoms with Crippen LogP contribution in [0.25, 0.3) is 0 Å². The lowest BCUT2D eigenvalue weighted by Crippen LogP contribution is -2.27. The highest BCUT2D eigenvalue weighted by molar-refractivity contribution is 6.44. The van der Waals surface area contributed by atoms with Crippen LogP contribution in [0.1, 0.15) is 18.4 Å². The first-order valence-corrected chi connectivity index (χ1v) is 7.70. The Morgan fingerprint density at radius 3 is 2.35 bits per heavy atom. The Bertz CT molecular complexity index is 786. The van der Waals surface area contributed by atoms with Crippen molar-refractivity contribution in [1.29, 1.82) is 0 Å². The molecule has 118 valence electrons. The molecular formula is C16H12Cl2N2O3. The summed E-state index contributed by atoms with van der Waals surface area (Å²) in [4.78, 5) is 22.9. The first-order valence-electron chi connectivity index (χ1n) is 6.94. The van der Waals surface area contributed by atoms with Crippen LogP contribution >= 0.6 is 23.2 Å². The van der Waals surface area contributed by atoms with Crippen LogP contribution in [0, 0.1) is 10.1 Å². The lowest BCUT2D eigenvalue weighted by Gasteiger charge is -2.16. The number of hydrogen-bond donors (Lipinski definition) is 1. The van der Waals surface area contributed by atoms with Gasteiger partial charge in [0.25, 0.3) is 5.69 Å². The van der Waals surface area contributed by atoms with Gasteiger partial charge in [-0.1, -0.05) is 41.4 Å². The molecule has 2 aromatic rings. The Morgan fingerprint density at radius 1 is 1.13 bits per heavy atom. The Balaban J connectivity index is 1.84. The number of nitrogens with zero attached hydrogens (tertiary/aromatic N) is 1. The molecule has 5 nitrogen and oxygen atoms in total. The molecule has 7 heteroatoms. The molecule has 1 aliphatic carbocycles. The third kappa shape index (κ3) is 2.90. The molecule has 0 saturated heterocycles. The zero-order valence-electron chi connectivity index (χ0n) is 11.9. The molecule has 1 amide bonds. The van der Waals surface area contributed by atoms with Crippen molar-refractivity contribution in [1.82, 2.24) is 0 Å². The topological polar surface area (TPSA) is 72.2 Å². The minimum Gasteiger partial charge on any atom is -0.324 e. The predicted octanol–water partition coefficient (Wildman–Crippen LogP) is 4.57. The SMILES string of the molecule is O=C(Nc1cccc(Cl)c1Cl)C1(c2ccc([N+](=O)[O-])cc2)CC1. The van der Waals surface area contributed by atoms with Crippen molar-refractivity contribution in [3.63, 3.8) is 0 Å². The molecule has 3 rings (SSSR count). The number of benzene rings is 2. The van der Waals surface area contributed by atoms with Crippen LogP contribution in [-0.4, -0.2) is 10.8 Å². The molecule has 0 spiro atoms. The highest BCUT2D eigenvalue weighted by Gasteiger charge is 2.51. The highest BCUT2D eigenvalue weighted by atomic mass is 35.5. The first-order chi connectivity index (χ1) is 10.9. The van der Waals surface area contributed by atoms with Gasteiger partial charge in [0.2, 0.25) is 5.91 Å². The molecule has 1 fully saturated rings. The van der Waals surface area contributed by atoms with E-state index >= 15 is 0 Å². The molecule has 1 saturated carbocycles. The van der Waals surface area contributed by atoms with Crippen LogP contribution in [0.15, 0.2) is 42.5 Å². The molecule has 0 bridgehead atoms. The number of amides is 1. The summed E-state index contributed by atoms with van der Waals surface area (Å²) in [6.45, 7) is 0. The van der Waals surface area contributed by atoms with Crippen molar-refractivity contribution in [2.24, 2.45) is 0 Å². The molecule has 0 radical (unpaired) electrons. The van der Waals surface area contributed by atoms with Crippen molar-refractivity contribution in [2.75, 3.05) is 5.32 Å². The van der Waals surface area contributed by atoms with E-state index in [4.69, 9.17) is 23.2 Å². The molecular weight excluding hydrogens is 339 g/mol. The Hall–Kier alpha value is -2.11. The van der Waals surface area contributed by atoms with Gasteiger partial charge >= 0.3 is 0 Å². The number of hydrogen-bond acceptors (Lipinski definition) is 3. The molecule has 0 aromatic heterocycles. The molecule has 1 N–H and O–H groups in total. The van der Waals surface area contributed by atoms with Crippen molar-refractivity contribution in [2.45, 2.75) is 18.3 Å². The standard InChI is InChI=1S/C16H12Cl2N2O3/c17-12-2-1-3-13(14(12)18)19-15(21)16(8-9-16)10-4-6-11(7-5-10)20(22)23/h1-7H,8-9H2,(H,19,21). The number of nitrogens with one attached hydrogen (secondary N) is 1. The molecule has 0 atom stereocenters. The van der Waals surface area contributed by atoms with E-state index < -0.39 is 10.3 Å². The summed E-state index contributed by atoms with van der Waals surface area (Å²) in [6, 6.07) is 11.1. The van der Waals surface area contributed by atoms with Crippen LogP contribution in [0.5, 0.6) is 0 Å². The normalized spacial score (nSPS) is 15.0. The number of non-ortho nitro benzene ring substituents is 1. The van der Waals surface area contributed by atoms with Gasteiger partial charge in [-0.2, -0.15) is 0 Å². The Morgan fingerprint density at radius 2 is 1.78 bits per heavy atom. The maximum atomic E-state index is 12.6. The van der Waals surface area contributed by atoms with E-state index in [9.17, 15) is 14.9 Å². The summed E-state index contributed by atoms with van der Waals surface area (Å²) in [6.07, 6.45) is 1.38. The molecule has 0 aliphatic heterocycles. The van der Waals surface area contributed by atoms with Crippen LogP contribution in [0.2, 0.25) is 10.0 Å². The average Bonchev–Trinajstić information content (AvgIpc) is 3.34. The number of carbonyl (C=O) groups is 1. The quantitative estimate of drug-likeness (QED) is 0.648. The van der Waals surface area contributed by atoms with Gasteiger partial charge in [-0.15, -0.1) is 0 Å². The zero-order chi connectivity index (χ0) is 16.6. The van der Waals surface area contributed by atoms with Gasteiger partial charge in [0.1, 0.15) is 0 Å². The Labute approximate surface area is 142 Å². The van der Waals surface area contributed by atoms with Crippen molar-refractivity contribution >= 4 is 40.5 Å². The molecule has 23 heavy (non-hydrogen) atoms. The number of nitro benzene ring substituents is 1. The van der Waals surface area contributed by atoms with Crippen molar-refractivity contribution in [3.05, 3.63) is 68.2 Å². The van der Waals surface area contributed by atoms with Gasteiger partial charge in [0.15, 0.2) is 0 Å². The van der Waals surface area contributed by atoms with Crippen molar-refractivity contribution in [3.8, 4) is 0 Å². The third-order valence-corrected chi connectivity index (χ3v) is 4.83. The van der Waals surface area contributed by atoms with Crippen molar-refractivity contribution < 1.29 is 9.72 Å². The minimum absolute atomic E-state index is 0.00263. The average molecular weight is 351 g/mol. The van der Waals surface area contributed by atoms with Gasteiger partial charge in [0.05, 0.1) is 26.1 Å². The summed E-state index contributed by atoms with van der Waals surface area (Å²) in [5.41, 5.74) is 0.569. The van der Waals surface area contributed by atoms with Crippen LogP contribution in [-0.2, 0) is 10.2 Å². The maximum Gasteiger partial charge on any atom is 0.269 e. The summed E-state index contributed by atoms with van der Waals surface area (Å²) >= 11 is 12.0. The number of halogens is 2. The van der Waals surface area contributed by atoms with Gasteiger partial charge in [-0.25, -0.2) is 0 Å². The van der Waals surface area contributed by atoms with Crippen LogP contribution in [0.4, 0.5) is 11.4 Å². The number of carbonyl (C=O) groups excluding carboxylic acids is 1. The fourth-order valence-corrected chi connectivity index (χ4v) is 2.86. The smallest absolute Gasteiger partial charge is 0.269 e. The third-order valence-electron chi connectivity index (χ3n) is 4.02. The number of rotatable bonds is 4. The number of nitro groups is 1. The largest absolute Gasteiger partial charge is 0.324 e. The zero-order valence-corrected chi connectivity index (χ0v) is 13.4. The lowest BCUT2D eigenvalue weighted by molar-refractivity contribution is -0.384. The predicted molar refractivity (Wildman–Crippen MR) is 89.1 cm³/mol. The molecule has 2 aromatic carbocycles. The highest BCUT2D eigenvalue weighted by Crippen LogP contribution is 2.49. The van der Waals surface area contributed by atoms with Gasteiger partial charge in [0, 0.05) is 12.1 Å². The van der Waals surface area contributed by atoms with Gasteiger partial charge in [-0.3, -0.25) is 14.9 Å². The Kier molecular flexibility index (Phi) is 4.00. The van der Waals surface area contributed by atoms with E-state index in [0.717, 1.165) is 5.56 Å². The van der Waals surface area contributed by atoms with E-state index in [1.165, 1.54) is 12.1 Å². The first kappa shape index (κ1) is 15.8. The maximum absolute atomic E-state index is 12.6. The molecule has 0 heterocycles. The summed E-state index contributed by atoms with van der Waals surface area (Å²) in [5, 5.41) is 14.2. The molecule has 1 aliphatic rings. The van der Waals surface area contributed by atoms with E-state index in [1.54, 1.807) is 30.3 Å². The van der Waals surface area contributed by atoms with E-state index in [1.807, 2.05) is 0 Å². The minimum atomic E-state index is -0.652. The second-order valence-electron chi connectivity index (χ2n) is 5.44. The van der Waals surface area contributed by atoms with Crippen LogP contribution < -0.4 is 5.32 Å².